The van der Waals surface area contributed by atoms with Crippen molar-refractivity contribution >= 4 is 18.4 Å². The first-order chi connectivity index (χ1) is 4.77. The predicted molar refractivity (Wildman–Crippen MR) is 43.8 cm³/mol. The number of aliphatic carboxylic acids is 1. The Kier molecular flexibility index (Phi) is 10.3. The van der Waals surface area contributed by atoms with Crippen LogP contribution in [0.25, 0.3) is 0 Å². The van der Waals surface area contributed by atoms with E-state index in [0.29, 0.717) is 0 Å². The van der Waals surface area contributed by atoms with Crippen LogP contribution >= 0.6 is 12.4 Å². The summed E-state index contributed by atoms with van der Waals surface area (Å²) in [7, 11) is 0. The Hall–Kier alpha value is -1.03. The monoisotopic (exact) mass is 178 g/mol. The lowest BCUT2D eigenvalue weighted by Gasteiger charge is -1.71. The van der Waals surface area contributed by atoms with Crippen molar-refractivity contribution in [2.24, 2.45) is 0 Å². The van der Waals surface area contributed by atoms with Gasteiger partial charge in [0, 0.05) is 18.8 Å². The molecule has 0 atom stereocenters. The van der Waals surface area contributed by atoms with Crippen molar-refractivity contribution in [1.82, 2.24) is 9.97 Å². The Morgan fingerprint density at radius 3 is 2.36 bits per heavy atom. The van der Waals surface area contributed by atoms with E-state index < -0.39 is 5.97 Å². The molecule has 0 saturated carbocycles. The van der Waals surface area contributed by atoms with Crippen LogP contribution in [0.2, 0.25) is 0 Å². The molecular formula is C6H11ClN2O2. The number of carboxylic acids is 1. The number of aromatic nitrogens is 2. The number of nitrogens with zero attached hydrogens (tertiary/aromatic N) is 1. The van der Waals surface area contributed by atoms with Crippen molar-refractivity contribution in [3.63, 3.8) is 0 Å². The summed E-state index contributed by atoms with van der Waals surface area (Å²) in [6, 6.07) is 0. The molecule has 0 bridgehead atoms. The van der Waals surface area contributed by atoms with Crippen molar-refractivity contribution in [2.45, 2.75) is 13.3 Å². The quantitative estimate of drug-likeness (QED) is 0.682. The van der Waals surface area contributed by atoms with Crippen LogP contribution in [0.1, 0.15) is 13.3 Å². The lowest BCUT2D eigenvalue weighted by Crippen LogP contribution is -1.86. The van der Waals surface area contributed by atoms with Crippen molar-refractivity contribution < 1.29 is 9.90 Å². The van der Waals surface area contributed by atoms with Crippen molar-refractivity contribution in [1.29, 1.82) is 0 Å². The molecule has 0 fully saturated rings. The molecule has 0 aliphatic carbocycles. The standard InChI is InChI=1S/C3H4N2.C3H6O2.ClH/c1-2-5-3-4-1;1-2-3(4)5;/h1-3H,(H,4,5);2H2,1H3,(H,4,5);1H. The van der Waals surface area contributed by atoms with E-state index in [2.05, 4.69) is 9.97 Å². The molecule has 64 valence electrons. The predicted octanol–water partition coefficient (Wildman–Crippen LogP) is 1.31. The van der Waals surface area contributed by atoms with Crippen LogP contribution in [0.3, 0.4) is 0 Å². The van der Waals surface area contributed by atoms with Gasteiger partial charge in [-0.1, -0.05) is 6.92 Å². The van der Waals surface area contributed by atoms with Crippen molar-refractivity contribution in [3.8, 4) is 0 Å². The molecule has 1 aromatic heterocycles. The number of carbonyl (C=O) groups is 1. The van der Waals surface area contributed by atoms with Crippen LogP contribution < -0.4 is 0 Å². The molecule has 11 heavy (non-hydrogen) atoms. The van der Waals surface area contributed by atoms with Gasteiger partial charge < -0.3 is 10.1 Å². The van der Waals surface area contributed by atoms with Crippen LogP contribution in [-0.4, -0.2) is 21.0 Å². The fraction of sp³-hybridized carbons (Fsp3) is 0.333. The topological polar surface area (TPSA) is 66.0 Å². The number of nitrogens with one attached hydrogen (secondary N) is 1. The number of aromatic amines is 1. The van der Waals surface area contributed by atoms with E-state index in [0.717, 1.165) is 0 Å². The molecule has 0 aromatic carbocycles. The van der Waals surface area contributed by atoms with Gasteiger partial charge in [-0.3, -0.25) is 4.79 Å². The first-order valence-corrected chi connectivity index (χ1v) is 2.92. The van der Waals surface area contributed by atoms with E-state index >= 15 is 0 Å². The first-order valence-electron chi connectivity index (χ1n) is 2.92. The van der Waals surface area contributed by atoms with E-state index in [1.54, 1.807) is 25.6 Å². The molecule has 0 aliphatic rings. The smallest absolute Gasteiger partial charge is 0.303 e. The summed E-state index contributed by atoms with van der Waals surface area (Å²) < 4.78 is 0. The Morgan fingerprint density at radius 1 is 1.73 bits per heavy atom. The zero-order chi connectivity index (χ0) is 7.82. The number of hydrogen-bond acceptors (Lipinski definition) is 2. The summed E-state index contributed by atoms with van der Waals surface area (Å²) in [4.78, 5) is 15.8. The van der Waals surface area contributed by atoms with Gasteiger partial charge >= 0.3 is 5.97 Å². The van der Waals surface area contributed by atoms with Crippen molar-refractivity contribution in [3.05, 3.63) is 18.7 Å². The Balaban J connectivity index is 0. The lowest BCUT2D eigenvalue weighted by atomic mass is 10.5. The number of hydrogen-bond donors (Lipinski definition) is 2. The number of imidazole rings is 1. The zero-order valence-electron chi connectivity index (χ0n) is 6.15. The molecule has 1 rings (SSSR count). The van der Waals surface area contributed by atoms with Gasteiger partial charge in [-0.2, -0.15) is 0 Å². The third kappa shape index (κ3) is 12.2. The molecule has 0 radical (unpaired) electrons. The molecule has 2 N–H and O–H groups in total. The maximum absolute atomic E-state index is 9.37. The van der Waals surface area contributed by atoms with Crippen LogP contribution in [0, 0.1) is 0 Å². The molecule has 1 heterocycles. The van der Waals surface area contributed by atoms with Crippen LogP contribution in [0.4, 0.5) is 0 Å². The van der Waals surface area contributed by atoms with Gasteiger partial charge in [0.25, 0.3) is 0 Å². The largest absolute Gasteiger partial charge is 0.481 e. The van der Waals surface area contributed by atoms with E-state index in [-0.39, 0.29) is 18.8 Å². The first kappa shape index (κ1) is 12.6. The minimum atomic E-state index is -0.745. The molecule has 0 aliphatic heterocycles. The van der Waals surface area contributed by atoms with Gasteiger partial charge in [0.2, 0.25) is 0 Å². The SMILES string of the molecule is CCC(=O)O.Cl.c1c[nH]cn1. The average Bonchev–Trinajstić information content (AvgIpc) is 2.43. The van der Waals surface area contributed by atoms with Crippen molar-refractivity contribution in [2.75, 3.05) is 0 Å². The summed E-state index contributed by atoms with van der Waals surface area (Å²) >= 11 is 0. The highest BCUT2D eigenvalue weighted by atomic mass is 35.5. The lowest BCUT2D eigenvalue weighted by molar-refractivity contribution is -0.136. The second-order valence-electron chi connectivity index (χ2n) is 1.51. The molecular weight excluding hydrogens is 168 g/mol. The number of halogens is 1. The third-order valence-corrected chi connectivity index (χ3v) is 0.708. The minimum absolute atomic E-state index is 0. The Morgan fingerprint density at radius 2 is 2.27 bits per heavy atom. The Bertz CT molecular complexity index is 148. The summed E-state index contributed by atoms with van der Waals surface area (Å²) in [5.41, 5.74) is 0. The average molecular weight is 179 g/mol. The van der Waals surface area contributed by atoms with Crippen LogP contribution in [0.15, 0.2) is 18.7 Å². The van der Waals surface area contributed by atoms with Gasteiger partial charge in [-0.05, 0) is 0 Å². The highest BCUT2D eigenvalue weighted by Gasteiger charge is 1.80. The third-order valence-electron chi connectivity index (χ3n) is 0.708. The van der Waals surface area contributed by atoms with E-state index in [4.69, 9.17) is 5.11 Å². The van der Waals surface area contributed by atoms with Gasteiger partial charge in [0.1, 0.15) is 0 Å². The number of carboxylic acid groups (broad SMARTS) is 1. The molecule has 1 aromatic rings. The summed E-state index contributed by atoms with van der Waals surface area (Å²) in [6.07, 6.45) is 5.31. The van der Waals surface area contributed by atoms with Gasteiger partial charge in [0.05, 0.1) is 6.33 Å². The highest BCUT2D eigenvalue weighted by Crippen LogP contribution is 1.67. The van der Waals surface area contributed by atoms with Gasteiger partial charge in [-0.15, -0.1) is 12.4 Å². The summed E-state index contributed by atoms with van der Waals surface area (Å²) in [5.74, 6) is -0.745. The molecule has 0 unspecified atom stereocenters. The van der Waals surface area contributed by atoms with E-state index in [9.17, 15) is 4.79 Å². The molecule has 0 amide bonds. The van der Waals surface area contributed by atoms with Crippen LogP contribution in [-0.2, 0) is 4.79 Å². The summed E-state index contributed by atoms with van der Waals surface area (Å²) in [5, 5.41) is 7.72. The molecule has 0 saturated heterocycles. The molecule has 4 nitrogen and oxygen atoms in total. The van der Waals surface area contributed by atoms with Crippen LogP contribution in [0.5, 0.6) is 0 Å². The zero-order valence-corrected chi connectivity index (χ0v) is 6.97. The molecule has 5 heteroatoms. The maximum Gasteiger partial charge on any atom is 0.303 e. The van der Waals surface area contributed by atoms with Gasteiger partial charge in [0.15, 0.2) is 0 Å². The fourth-order valence-electron chi connectivity index (χ4n) is 0.215. The van der Waals surface area contributed by atoms with E-state index in [1.165, 1.54) is 0 Å². The summed E-state index contributed by atoms with van der Waals surface area (Å²) in [6.45, 7) is 1.60. The second-order valence-corrected chi connectivity index (χ2v) is 1.51. The number of rotatable bonds is 1. The normalized spacial score (nSPS) is 7.00. The number of H-pyrrole nitrogens is 1. The molecule has 0 spiro atoms. The fourth-order valence-corrected chi connectivity index (χ4v) is 0.215. The second kappa shape index (κ2) is 8.97. The highest BCUT2D eigenvalue weighted by molar-refractivity contribution is 5.85. The Labute approximate surface area is 71.1 Å². The minimum Gasteiger partial charge on any atom is -0.481 e. The van der Waals surface area contributed by atoms with E-state index in [1.807, 2.05) is 0 Å². The maximum atomic E-state index is 9.37. The van der Waals surface area contributed by atoms with Gasteiger partial charge in [-0.25, -0.2) is 4.98 Å².